The third-order valence-electron chi connectivity index (χ3n) is 6.36. The van der Waals surface area contributed by atoms with Crippen molar-refractivity contribution in [2.24, 2.45) is 5.92 Å². The summed E-state index contributed by atoms with van der Waals surface area (Å²) in [6, 6.07) is 13.4. The molecule has 1 unspecified atom stereocenters. The van der Waals surface area contributed by atoms with Crippen LogP contribution in [0.2, 0.25) is 0 Å². The predicted molar refractivity (Wildman–Crippen MR) is 165 cm³/mol. The molecule has 4 N–H and O–H groups in total. The Hall–Kier alpha value is -3.05. The van der Waals surface area contributed by atoms with Crippen LogP contribution in [0.3, 0.4) is 0 Å². The fourth-order valence-electron chi connectivity index (χ4n) is 4.05. The Balaban J connectivity index is 0.000000646. The van der Waals surface area contributed by atoms with Gasteiger partial charge in [0.15, 0.2) is 5.13 Å². The SMILES string of the molecule is CC(C)N(CCNc1ccc(S(=O)(=S)Oc2ccc3nc(NC(=O)C4CNC4)sc3c2)cc1)C(C)C.O=C(O)C(F)(F)F. The van der Waals surface area contributed by atoms with Crippen LogP contribution in [0.5, 0.6) is 5.75 Å². The van der Waals surface area contributed by atoms with Gasteiger partial charge in [-0.2, -0.15) is 13.2 Å². The molecule has 236 valence electrons. The number of thiazole rings is 1. The van der Waals surface area contributed by atoms with Gasteiger partial charge in [0.25, 0.3) is 0 Å². The van der Waals surface area contributed by atoms with E-state index in [9.17, 15) is 22.2 Å². The standard InChI is InChI=1S/C25H33N5O3S3.C2HF3O2/c1-16(2)30(17(3)4)12-11-27-19-5-8-21(9-6-19)36(32,34)33-20-7-10-22-23(13-20)35-25(28-22)29-24(31)18-14-26-15-18;3-2(4,5)1(6)7/h5-10,13,16-18,26-27H,11-12,14-15H2,1-4H3,(H,28,29,31);(H,6,7). The third-order valence-corrected chi connectivity index (χ3v) is 9.34. The second kappa shape index (κ2) is 14.6. The normalized spacial score (nSPS) is 15.0. The summed E-state index contributed by atoms with van der Waals surface area (Å²) in [4.78, 5) is 28.4. The molecule has 0 radical (unpaired) electrons. The molecule has 0 saturated carbocycles. The molecule has 0 bridgehead atoms. The number of aliphatic carboxylic acids is 1. The highest BCUT2D eigenvalue weighted by Gasteiger charge is 2.38. The van der Waals surface area contributed by atoms with Gasteiger partial charge in [-0.25, -0.2) is 14.0 Å². The molecule has 1 atom stereocenters. The molecule has 43 heavy (non-hydrogen) atoms. The molecule has 1 aromatic heterocycles. The van der Waals surface area contributed by atoms with E-state index < -0.39 is 20.9 Å². The number of rotatable bonds is 11. The summed E-state index contributed by atoms with van der Waals surface area (Å²) >= 11 is 6.70. The smallest absolute Gasteiger partial charge is 0.475 e. The number of carbonyl (C=O) groups is 2. The number of benzene rings is 2. The van der Waals surface area contributed by atoms with E-state index in [0.717, 1.165) is 29.0 Å². The van der Waals surface area contributed by atoms with E-state index in [-0.39, 0.29) is 11.8 Å². The molecule has 3 aromatic rings. The molecule has 1 aliphatic rings. The number of hydrogen-bond acceptors (Lipinski definition) is 10. The maximum Gasteiger partial charge on any atom is 0.490 e. The van der Waals surface area contributed by atoms with Crippen molar-refractivity contribution in [2.45, 2.75) is 50.9 Å². The van der Waals surface area contributed by atoms with Gasteiger partial charge in [0, 0.05) is 61.2 Å². The first-order valence-corrected chi connectivity index (χ1v) is 16.6. The average Bonchev–Trinajstić information content (AvgIpc) is 3.26. The highest BCUT2D eigenvalue weighted by molar-refractivity contribution is 8.30. The number of hydrogen-bond donors (Lipinski definition) is 4. The summed E-state index contributed by atoms with van der Waals surface area (Å²) in [5.74, 6) is -2.41. The lowest BCUT2D eigenvalue weighted by atomic mass is 10.0. The van der Waals surface area contributed by atoms with Gasteiger partial charge in [0.2, 0.25) is 14.7 Å². The number of nitrogens with one attached hydrogen (secondary N) is 3. The minimum atomic E-state index is -5.08. The summed E-state index contributed by atoms with van der Waals surface area (Å²) in [6.45, 7) is 11.9. The van der Waals surface area contributed by atoms with Gasteiger partial charge in [-0.3, -0.25) is 9.69 Å². The number of carboxylic acid groups (broad SMARTS) is 1. The molecule has 0 aliphatic carbocycles. The summed E-state index contributed by atoms with van der Waals surface area (Å²) < 4.78 is 51.5. The van der Waals surface area contributed by atoms with Gasteiger partial charge in [-0.05, 0) is 64.1 Å². The Labute approximate surface area is 256 Å². The first kappa shape index (κ1) is 34.4. The van der Waals surface area contributed by atoms with Crippen molar-refractivity contribution in [1.82, 2.24) is 15.2 Å². The lowest BCUT2D eigenvalue weighted by Gasteiger charge is -2.30. The predicted octanol–water partition coefficient (Wildman–Crippen LogP) is 4.72. The zero-order valence-electron chi connectivity index (χ0n) is 23.9. The van der Waals surface area contributed by atoms with E-state index in [4.69, 9.17) is 25.3 Å². The molecular weight excluding hydrogens is 628 g/mol. The van der Waals surface area contributed by atoms with Crippen molar-refractivity contribution in [3.05, 3.63) is 42.5 Å². The maximum atomic E-state index is 13.2. The molecule has 4 rings (SSSR count). The molecule has 10 nitrogen and oxygen atoms in total. The minimum absolute atomic E-state index is 0.0165. The Bertz CT molecular complexity index is 1500. The van der Waals surface area contributed by atoms with Crippen molar-refractivity contribution in [3.8, 4) is 5.75 Å². The molecule has 1 amide bonds. The third kappa shape index (κ3) is 9.99. The second-order valence-electron chi connectivity index (χ2n) is 10.2. The van der Waals surface area contributed by atoms with Gasteiger partial charge in [0.1, 0.15) is 5.75 Å². The van der Waals surface area contributed by atoms with E-state index in [2.05, 4.69) is 53.5 Å². The molecule has 0 spiro atoms. The fraction of sp³-hybridized carbons (Fsp3) is 0.444. The van der Waals surface area contributed by atoms with E-state index in [0.29, 0.717) is 40.9 Å². The highest BCUT2D eigenvalue weighted by atomic mass is 32.8. The number of halogens is 3. The van der Waals surface area contributed by atoms with E-state index in [1.807, 2.05) is 12.1 Å². The lowest BCUT2D eigenvalue weighted by molar-refractivity contribution is -0.192. The summed E-state index contributed by atoms with van der Waals surface area (Å²) in [5.41, 5.74) is 1.67. The van der Waals surface area contributed by atoms with Crippen LogP contribution in [0.25, 0.3) is 10.2 Å². The number of fused-ring (bicyclic) bond motifs is 1. The number of anilines is 2. The minimum Gasteiger partial charge on any atom is -0.475 e. The molecule has 1 saturated heterocycles. The number of nitrogens with zero attached hydrogens (tertiary/aromatic N) is 2. The lowest BCUT2D eigenvalue weighted by Crippen LogP contribution is -2.48. The van der Waals surface area contributed by atoms with Crippen molar-refractivity contribution >= 4 is 64.2 Å². The fourth-order valence-corrected chi connectivity index (χ4v) is 6.44. The van der Waals surface area contributed by atoms with Crippen LogP contribution in [-0.2, 0) is 29.6 Å². The topological polar surface area (TPSA) is 133 Å². The van der Waals surface area contributed by atoms with E-state index in [1.165, 1.54) is 11.3 Å². The van der Waals surface area contributed by atoms with Crippen LogP contribution < -0.4 is 20.1 Å². The van der Waals surface area contributed by atoms with Gasteiger partial charge >= 0.3 is 12.1 Å². The summed E-state index contributed by atoms with van der Waals surface area (Å²) in [7, 11) is -3.17. The van der Waals surface area contributed by atoms with E-state index >= 15 is 0 Å². The van der Waals surface area contributed by atoms with Crippen molar-refractivity contribution < 1.29 is 36.3 Å². The van der Waals surface area contributed by atoms with Crippen molar-refractivity contribution in [3.63, 3.8) is 0 Å². The Morgan fingerprint density at radius 1 is 1.16 bits per heavy atom. The number of aromatic nitrogens is 1. The quantitative estimate of drug-likeness (QED) is 0.229. The Kier molecular flexibility index (Phi) is 11.7. The van der Waals surface area contributed by atoms with Gasteiger partial charge in [-0.1, -0.05) is 11.3 Å². The second-order valence-corrected chi connectivity index (χ2v) is 14.1. The van der Waals surface area contributed by atoms with Crippen LogP contribution in [0.15, 0.2) is 47.4 Å². The number of amides is 1. The van der Waals surface area contributed by atoms with Crippen molar-refractivity contribution in [2.75, 3.05) is 36.8 Å². The number of carboxylic acids is 1. The zero-order valence-corrected chi connectivity index (χ0v) is 26.4. The molecule has 1 fully saturated rings. The van der Waals surface area contributed by atoms with Crippen LogP contribution in [0, 0.1) is 5.92 Å². The van der Waals surface area contributed by atoms with Gasteiger partial charge < -0.3 is 25.2 Å². The van der Waals surface area contributed by atoms with E-state index in [1.54, 1.807) is 30.3 Å². The molecule has 1 aliphatic heterocycles. The molecular formula is C27H34F3N5O5S3. The first-order chi connectivity index (χ1) is 20.1. The monoisotopic (exact) mass is 661 g/mol. The van der Waals surface area contributed by atoms with Crippen LogP contribution in [-0.4, -0.2) is 75.5 Å². The number of alkyl halides is 3. The first-order valence-electron chi connectivity index (χ1n) is 13.3. The van der Waals surface area contributed by atoms with Crippen LogP contribution in [0.4, 0.5) is 24.0 Å². The highest BCUT2D eigenvalue weighted by Crippen LogP contribution is 2.31. The Morgan fingerprint density at radius 2 is 1.77 bits per heavy atom. The van der Waals surface area contributed by atoms with Gasteiger partial charge in [0.05, 0.1) is 21.0 Å². The molecule has 2 aromatic carbocycles. The van der Waals surface area contributed by atoms with Crippen LogP contribution >= 0.6 is 11.3 Å². The number of carbonyl (C=O) groups excluding carboxylic acids is 1. The average molecular weight is 662 g/mol. The maximum absolute atomic E-state index is 13.2. The van der Waals surface area contributed by atoms with Crippen LogP contribution in [0.1, 0.15) is 27.7 Å². The zero-order chi connectivity index (χ0) is 31.9. The van der Waals surface area contributed by atoms with Crippen molar-refractivity contribution in [1.29, 1.82) is 0 Å². The Morgan fingerprint density at radius 3 is 2.28 bits per heavy atom. The molecule has 16 heteroatoms. The van der Waals surface area contributed by atoms with Gasteiger partial charge in [-0.15, -0.1) is 0 Å². The molecule has 2 heterocycles. The largest absolute Gasteiger partial charge is 0.490 e. The summed E-state index contributed by atoms with van der Waals surface area (Å²) in [6.07, 6.45) is -5.08. The summed E-state index contributed by atoms with van der Waals surface area (Å²) in [5, 5.41) is 17.0.